The highest BCUT2D eigenvalue weighted by Crippen LogP contribution is 2.02. The van der Waals surface area contributed by atoms with E-state index in [1.165, 1.54) is 6.92 Å². The highest BCUT2D eigenvalue weighted by atomic mass is 19.1. The second kappa shape index (κ2) is 3.82. The zero-order valence-corrected chi connectivity index (χ0v) is 5.70. The summed E-state index contributed by atoms with van der Waals surface area (Å²) in [7, 11) is 0. The van der Waals surface area contributed by atoms with Crippen molar-refractivity contribution in [2.45, 2.75) is 6.92 Å². The van der Waals surface area contributed by atoms with E-state index in [0.717, 1.165) is 12.2 Å². The van der Waals surface area contributed by atoms with Gasteiger partial charge in [-0.05, 0) is 19.1 Å². The fourth-order valence-electron chi connectivity index (χ4n) is 0.295. The molecule has 0 aromatic heterocycles. The molecular weight excluding hydrogens is 136 g/mol. The summed E-state index contributed by atoms with van der Waals surface area (Å²) in [4.78, 5) is 0. The minimum absolute atomic E-state index is 0.0844. The highest BCUT2D eigenvalue weighted by molar-refractivity contribution is 5.22. The van der Waals surface area contributed by atoms with E-state index < -0.39 is 11.7 Å². The van der Waals surface area contributed by atoms with Gasteiger partial charge in [0.25, 0.3) is 0 Å². The summed E-state index contributed by atoms with van der Waals surface area (Å²) in [6, 6.07) is 0. The summed E-state index contributed by atoms with van der Waals surface area (Å²) in [5.41, 5.74) is 4.99. The van der Waals surface area contributed by atoms with Crippen LogP contribution in [0.15, 0.2) is 36.1 Å². The molecule has 0 rings (SSSR count). The van der Waals surface area contributed by atoms with Gasteiger partial charge in [-0.15, -0.1) is 0 Å². The highest BCUT2D eigenvalue weighted by Gasteiger charge is 1.89. The lowest BCUT2D eigenvalue weighted by Crippen LogP contribution is -1.93. The van der Waals surface area contributed by atoms with E-state index in [2.05, 4.69) is 6.58 Å². The molecule has 0 spiro atoms. The van der Waals surface area contributed by atoms with Crippen molar-refractivity contribution in [1.29, 1.82) is 0 Å². The topological polar surface area (TPSA) is 26.0 Å². The first-order chi connectivity index (χ1) is 4.54. The maximum atomic E-state index is 12.1. The molecule has 56 valence electrons. The Hall–Kier alpha value is -1.12. The lowest BCUT2D eigenvalue weighted by Gasteiger charge is -1.90. The fourth-order valence-corrected chi connectivity index (χ4v) is 0.295. The molecule has 2 N–H and O–H groups in total. The van der Waals surface area contributed by atoms with Crippen molar-refractivity contribution in [1.82, 2.24) is 0 Å². The average Bonchev–Trinajstić information content (AvgIpc) is 1.82. The van der Waals surface area contributed by atoms with Gasteiger partial charge >= 0.3 is 0 Å². The smallest absolute Gasteiger partial charge is 0.120 e. The Kier molecular flexibility index (Phi) is 3.39. The van der Waals surface area contributed by atoms with Gasteiger partial charge in [-0.1, -0.05) is 6.58 Å². The molecule has 0 aliphatic heterocycles. The van der Waals surface area contributed by atoms with E-state index >= 15 is 0 Å². The van der Waals surface area contributed by atoms with Crippen LogP contribution in [0.1, 0.15) is 6.92 Å². The van der Waals surface area contributed by atoms with Crippen LogP contribution in [0.25, 0.3) is 0 Å². The van der Waals surface area contributed by atoms with Crippen LogP contribution in [0.3, 0.4) is 0 Å². The SMILES string of the molecule is C=C(F)/C=C\C(N)=C(/C)F. The molecule has 0 fully saturated rings. The molecule has 0 aromatic carbocycles. The van der Waals surface area contributed by atoms with Crippen molar-refractivity contribution in [2.75, 3.05) is 0 Å². The Morgan fingerprint density at radius 2 is 1.90 bits per heavy atom. The van der Waals surface area contributed by atoms with E-state index in [1.807, 2.05) is 0 Å². The Morgan fingerprint density at radius 3 is 2.20 bits per heavy atom. The van der Waals surface area contributed by atoms with E-state index in [0.29, 0.717) is 0 Å². The largest absolute Gasteiger partial charge is 0.397 e. The van der Waals surface area contributed by atoms with Gasteiger partial charge in [-0.3, -0.25) is 0 Å². The van der Waals surface area contributed by atoms with Crippen molar-refractivity contribution in [3.05, 3.63) is 36.1 Å². The summed E-state index contributed by atoms with van der Waals surface area (Å²) in [5, 5.41) is 0. The van der Waals surface area contributed by atoms with Crippen LogP contribution in [-0.4, -0.2) is 0 Å². The van der Waals surface area contributed by atoms with Gasteiger partial charge in [0.2, 0.25) is 0 Å². The Labute approximate surface area is 58.5 Å². The van der Waals surface area contributed by atoms with E-state index in [-0.39, 0.29) is 5.70 Å². The van der Waals surface area contributed by atoms with Crippen molar-refractivity contribution < 1.29 is 8.78 Å². The van der Waals surface area contributed by atoms with Crippen molar-refractivity contribution >= 4 is 0 Å². The second-order valence-electron chi connectivity index (χ2n) is 1.77. The minimum Gasteiger partial charge on any atom is -0.397 e. The first kappa shape index (κ1) is 8.88. The fraction of sp³-hybridized carbons (Fsp3) is 0.143. The van der Waals surface area contributed by atoms with Crippen LogP contribution in [0, 0.1) is 0 Å². The Bertz CT molecular complexity index is 188. The van der Waals surface area contributed by atoms with Crippen LogP contribution in [0.2, 0.25) is 0 Å². The molecule has 0 aliphatic rings. The summed E-state index contributed by atoms with van der Waals surface area (Å²) in [5.74, 6) is -1.18. The molecule has 0 unspecified atom stereocenters. The van der Waals surface area contributed by atoms with Gasteiger partial charge in [0, 0.05) is 0 Å². The third kappa shape index (κ3) is 3.83. The molecule has 0 saturated heterocycles. The van der Waals surface area contributed by atoms with Gasteiger partial charge in [-0.25, -0.2) is 8.78 Å². The third-order valence-corrected chi connectivity index (χ3v) is 0.842. The Morgan fingerprint density at radius 1 is 1.40 bits per heavy atom. The first-order valence-electron chi connectivity index (χ1n) is 2.68. The van der Waals surface area contributed by atoms with Crippen LogP contribution >= 0.6 is 0 Å². The molecule has 0 atom stereocenters. The van der Waals surface area contributed by atoms with Crippen molar-refractivity contribution in [2.24, 2.45) is 5.73 Å². The monoisotopic (exact) mass is 145 g/mol. The van der Waals surface area contributed by atoms with Gasteiger partial charge in [0.15, 0.2) is 0 Å². The van der Waals surface area contributed by atoms with Gasteiger partial charge in [0.1, 0.15) is 11.7 Å². The zero-order valence-electron chi connectivity index (χ0n) is 5.70. The number of allylic oxidation sites excluding steroid dienone is 4. The predicted octanol–water partition coefficient (Wildman–Crippen LogP) is 2.19. The lowest BCUT2D eigenvalue weighted by atomic mass is 10.3. The molecule has 0 bridgehead atoms. The molecule has 0 amide bonds. The maximum absolute atomic E-state index is 12.1. The quantitative estimate of drug-likeness (QED) is 0.592. The predicted molar refractivity (Wildman–Crippen MR) is 37.4 cm³/mol. The van der Waals surface area contributed by atoms with E-state index in [1.54, 1.807) is 0 Å². The lowest BCUT2D eigenvalue weighted by molar-refractivity contribution is 0.629. The first-order valence-corrected chi connectivity index (χ1v) is 2.68. The number of rotatable bonds is 2. The van der Waals surface area contributed by atoms with Crippen molar-refractivity contribution in [3.63, 3.8) is 0 Å². The van der Waals surface area contributed by atoms with Crippen LogP contribution in [-0.2, 0) is 0 Å². The van der Waals surface area contributed by atoms with Crippen LogP contribution < -0.4 is 5.73 Å². The zero-order chi connectivity index (χ0) is 8.15. The molecule has 3 heteroatoms. The summed E-state index contributed by atoms with van der Waals surface area (Å²) < 4.78 is 23.9. The number of nitrogens with two attached hydrogens (primary N) is 1. The summed E-state index contributed by atoms with van der Waals surface area (Å²) in [6.45, 7) is 4.13. The maximum Gasteiger partial charge on any atom is 0.120 e. The molecule has 0 aliphatic carbocycles. The molecule has 10 heavy (non-hydrogen) atoms. The normalized spacial score (nSPS) is 13.5. The molecular formula is C7H9F2N. The summed E-state index contributed by atoms with van der Waals surface area (Å²) >= 11 is 0. The van der Waals surface area contributed by atoms with Crippen LogP contribution in [0.4, 0.5) is 8.78 Å². The molecule has 0 radical (unpaired) electrons. The molecule has 0 saturated carbocycles. The Balaban J connectivity index is 4.16. The van der Waals surface area contributed by atoms with E-state index in [4.69, 9.17) is 5.73 Å². The van der Waals surface area contributed by atoms with Gasteiger partial charge in [-0.2, -0.15) is 0 Å². The molecule has 0 aromatic rings. The standard InChI is InChI=1S/C7H9F2N/c1-5(8)3-4-7(10)6(2)9/h3-4H,1,10H2,2H3/b4-3-,7-6-. The molecule has 0 heterocycles. The van der Waals surface area contributed by atoms with Crippen molar-refractivity contribution in [3.8, 4) is 0 Å². The third-order valence-electron chi connectivity index (χ3n) is 0.842. The van der Waals surface area contributed by atoms with Crippen LogP contribution in [0.5, 0.6) is 0 Å². The number of hydrogen-bond donors (Lipinski definition) is 1. The van der Waals surface area contributed by atoms with Gasteiger partial charge in [0.05, 0.1) is 5.70 Å². The number of hydrogen-bond acceptors (Lipinski definition) is 1. The second-order valence-corrected chi connectivity index (χ2v) is 1.77. The number of halogens is 2. The minimum atomic E-state index is -0.649. The van der Waals surface area contributed by atoms with E-state index in [9.17, 15) is 8.78 Å². The molecule has 1 nitrogen and oxygen atoms in total. The average molecular weight is 145 g/mol. The summed E-state index contributed by atoms with van der Waals surface area (Å²) in [6.07, 6.45) is 2.12. The van der Waals surface area contributed by atoms with Gasteiger partial charge < -0.3 is 5.73 Å².